The van der Waals surface area contributed by atoms with Crippen molar-refractivity contribution in [3.63, 3.8) is 0 Å². The summed E-state index contributed by atoms with van der Waals surface area (Å²) < 4.78 is 11.5. The zero-order valence-corrected chi connectivity index (χ0v) is 14.4. The van der Waals surface area contributed by atoms with Gasteiger partial charge in [0.15, 0.2) is 0 Å². The summed E-state index contributed by atoms with van der Waals surface area (Å²) in [5.41, 5.74) is 7.15. The molecule has 0 aromatic heterocycles. The second-order valence-corrected chi connectivity index (χ2v) is 5.91. The molecular weight excluding hydrogens is 395 g/mol. The molecule has 0 fully saturated rings. The smallest absolute Gasteiger partial charge is 0.338 e. The molecule has 6 heteroatoms. The van der Waals surface area contributed by atoms with E-state index in [0.29, 0.717) is 11.3 Å². The van der Waals surface area contributed by atoms with Crippen molar-refractivity contribution in [2.24, 2.45) is 5.73 Å². The highest BCUT2D eigenvalue weighted by Crippen LogP contribution is 2.39. The molecule has 0 spiro atoms. The summed E-state index contributed by atoms with van der Waals surface area (Å²) in [6.45, 7) is 3.62. The van der Waals surface area contributed by atoms with Crippen LogP contribution in [0.1, 0.15) is 25.3 Å². The molecule has 1 heterocycles. The number of nitrogens with two attached hydrogens (primary N) is 1. The second kappa shape index (κ2) is 6.83. The van der Waals surface area contributed by atoms with Gasteiger partial charge in [0.2, 0.25) is 5.88 Å². The number of rotatable bonds is 3. The largest absolute Gasteiger partial charge is 0.463 e. The van der Waals surface area contributed by atoms with Gasteiger partial charge >= 0.3 is 5.97 Å². The number of benzene rings is 1. The third kappa shape index (κ3) is 3.09. The van der Waals surface area contributed by atoms with Gasteiger partial charge in [-0.15, -0.1) is 0 Å². The Balaban J connectivity index is 2.59. The third-order valence-electron chi connectivity index (χ3n) is 3.30. The number of ether oxygens (including phenoxy) is 2. The van der Waals surface area contributed by atoms with Crippen molar-refractivity contribution in [2.75, 3.05) is 6.61 Å². The Hall–Kier alpha value is -2.01. The molecule has 2 N–H and O–H groups in total. The maximum atomic E-state index is 12.3. The number of halogens is 1. The highest BCUT2D eigenvalue weighted by atomic mass is 127. The first-order valence-corrected chi connectivity index (χ1v) is 7.78. The van der Waals surface area contributed by atoms with Gasteiger partial charge in [0.05, 0.1) is 18.1 Å². The Labute approximate surface area is 142 Å². The van der Waals surface area contributed by atoms with Gasteiger partial charge in [0.25, 0.3) is 0 Å². The molecule has 1 aliphatic rings. The number of esters is 1. The minimum Gasteiger partial charge on any atom is -0.463 e. The lowest BCUT2D eigenvalue weighted by molar-refractivity contribution is -0.139. The van der Waals surface area contributed by atoms with Crippen LogP contribution in [0.3, 0.4) is 0 Å². The lowest BCUT2D eigenvalue weighted by Gasteiger charge is -2.26. The van der Waals surface area contributed by atoms with E-state index in [0.717, 1.165) is 9.13 Å². The van der Waals surface area contributed by atoms with Crippen LogP contribution in [0.15, 0.2) is 47.1 Å². The van der Waals surface area contributed by atoms with Crippen molar-refractivity contribution in [3.05, 3.63) is 56.2 Å². The van der Waals surface area contributed by atoms with E-state index >= 15 is 0 Å². The number of hydrogen-bond acceptors (Lipinski definition) is 5. The van der Waals surface area contributed by atoms with Crippen molar-refractivity contribution in [1.29, 1.82) is 5.26 Å². The Morgan fingerprint density at radius 1 is 1.45 bits per heavy atom. The minimum atomic E-state index is -0.574. The highest BCUT2D eigenvalue weighted by Gasteiger charge is 2.36. The van der Waals surface area contributed by atoms with Gasteiger partial charge in [-0.1, -0.05) is 12.1 Å². The maximum Gasteiger partial charge on any atom is 0.338 e. The Morgan fingerprint density at radius 3 is 2.64 bits per heavy atom. The average Bonchev–Trinajstić information content (AvgIpc) is 2.47. The molecule has 0 saturated heterocycles. The number of allylic oxidation sites excluding steroid dienone is 2. The Kier molecular flexibility index (Phi) is 5.08. The van der Waals surface area contributed by atoms with Gasteiger partial charge in [-0.25, -0.2) is 4.79 Å². The van der Waals surface area contributed by atoms with Crippen LogP contribution in [-0.4, -0.2) is 12.6 Å². The lowest BCUT2D eigenvalue weighted by Crippen LogP contribution is -2.25. The first-order chi connectivity index (χ1) is 10.5. The number of carbonyl (C=O) groups is 1. The van der Waals surface area contributed by atoms with Crippen molar-refractivity contribution in [2.45, 2.75) is 19.8 Å². The molecule has 1 aromatic rings. The SMILES string of the molecule is CCOC(=O)C1=C(C)OC(N)=C(C#N)C1c1ccc(I)cc1. The fraction of sp³-hybridized carbons (Fsp3) is 0.250. The standard InChI is InChI=1S/C16H15IN2O3/c1-3-21-16(20)13-9(2)22-15(19)12(8-18)14(13)10-4-6-11(17)7-5-10/h4-7,14H,3,19H2,1-2H3. The lowest BCUT2D eigenvalue weighted by atomic mass is 9.83. The van der Waals surface area contributed by atoms with Crippen molar-refractivity contribution in [1.82, 2.24) is 0 Å². The minimum absolute atomic E-state index is 0.0246. The van der Waals surface area contributed by atoms with Gasteiger partial charge in [-0.2, -0.15) is 5.26 Å². The number of nitriles is 1. The van der Waals surface area contributed by atoms with E-state index in [1.54, 1.807) is 13.8 Å². The predicted molar refractivity (Wildman–Crippen MR) is 89.1 cm³/mol. The molecule has 22 heavy (non-hydrogen) atoms. The number of nitrogens with zero attached hydrogens (tertiary/aromatic N) is 1. The normalized spacial score (nSPS) is 17.8. The highest BCUT2D eigenvalue weighted by molar-refractivity contribution is 14.1. The zero-order valence-electron chi connectivity index (χ0n) is 12.2. The molecule has 0 radical (unpaired) electrons. The van der Waals surface area contributed by atoms with Crippen LogP contribution in [0.4, 0.5) is 0 Å². The van der Waals surface area contributed by atoms with Gasteiger partial charge < -0.3 is 15.2 Å². The zero-order chi connectivity index (χ0) is 16.3. The Bertz CT molecular complexity index is 699. The van der Waals surface area contributed by atoms with Crippen molar-refractivity contribution in [3.8, 4) is 6.07 Å². The molecule has 1 unspecified atom stereocenters. The van der Waals surface area contributed by atoms with E-state index in [2.05, 4.69) is 28.7 Å². The topological polar surface area (TPSA) is 85.3 Å². The molecule has 0 saturated carbocycles. The van der Waals surface area contributed by atoms with Gasteiger partial charge in [0, 0.05) is 3.57 Å². The van der Waals surface area contributed by atoms with Crippen LogP contribution in [-0.2, 0) is 14.3 Å². The first kappa shape index (κ1) is 16.4. The molecule has 114 valence electrons. The molecule has 5 nitrogen and oxygen atoms in total. The van der Waals surface area contributed by atoms with Crippen molar-refractivity contribution >= 4 is 28.6 Å². The summed E-state index contributed by atoms with van der Waals surface area (Å²) >= 11 is 2.19. The van der Waals surface area contributed by atoms with Gasteiger partial charge in [-0.3, -0.25) is 0 Å². The Morgan fingerprint density at radius 2 is 2.09 bits per heavy atom. The molecule has 1 aliphatic heterocycles. The van der Waals surface area contributed by atoms with Crippen LogP contribution in [0.25, 0.3) is 0 Å². The summed E-state index contributed by atoms with van der Waals surface area (Å²) in [5.74, 6) is -0.686. The fourth-order valence-electron chi connectivity index (χ4n) is 2.34. The molecule has 1 aromatic carbocycles. The van der Waals surface area contributed by atoms with E-state index < -0.39 is 11.9 Å². The first-order valence-electron chi connectivity index (χ1n) is 6.70. The summed E-state index contributed by atoms with van der Waals surface area (Å²) in [5, 5.41) is 9.42. The van der Waals surface area contributed by atoms with E-state index in [1.807, 2.05) is 24.3 Å². The van der Waals surface area contributed by atoms with Gasteiger partial charge in [-0.05, 0) is 54.1 Å². The predicted octanol–water partition coefficient (Wildman–Crippen LogP) is 2.94. The molecule has 0 amide bonds. The summed E-state index contributed by atoms with van der Waals surface area (Å²) in [4.78, 5) is 12.3. The number of carbonyl (C=O) groups excluding carboxylic acids is 1. The average molecular weight is 410 g/mol. The second-order valence-electron chi connectivity index (χ2n) is 4.67. The molecule has 0 bridgehead atoms. The van der Waals surface area contributed by atoms with E-state index in [9.17, 15) is 10.1 Å². The van der Waals surface area contributed by atoms with Crippen LogP contribution in [0.2, 0.25) is 0 Å². The van der Waals surface area contributed by atoms with Crippen molar-refractivity contribution < 1.29 is 14.3 Å². The summed E-state index contributed by atoms with van der Waals surface area (Å²) in [6, 6.07) is 9.61. The van der Waals surface area contributed by atoms with Crippen LogP contribution >= 0.6 is 22.6 Å². The fourth-order valence-corrected chi connectivity index (χ4v) is 2.70. The summed E-state index contributed by atoms with van der Waals surface area (Å²) in [6.07, 6.45) is 0. The van der Waals surface area contributed by atoms with Crippen LogP contribution < -0.4 is 5.73 Å². The third-order valence-corrected chi connectivity index (χ3v) is 4.02. The van der Waals surface area contributed by atoms with E-state index in [1.165, 1.54) is 0 Å². The van der Waals surface area contributed by atoms with E-state index in [-0.39, 0.29) is 18.1 Å². The van der Waals surface area contributed by atoms with Gasteiger partial charge in [0.1, 0.15) is 17.4 Å². The molecule has 0 aliphatic carbocycles. The molecular formula is C16H15IN2O3. The quantitative estimate of drug-likeness (QED) is 0.612. The van der Waals surface area contributed by atoms with Crippen LogP contribution in [0, 0.1) is 14.9 Å². The molecule has 1 atom stereocenters. The molecule has 2 rings (SSSR count). The van der Waals surface area contributed by atoms with Crippen LogP contribution in [0.5, 0.6) is 0 Å². The number of hydrogen-bond donors (Lipinski definition) is 1. The maximum absolute atomic E-state index is 12.3. The summed E-state index contributed by atoms with van der Waals surface area (Å²) in [7, 11) is 0. The van der Waals surface area contributed by atoms with E-state index in [4.69, 9.17) is 15.2 Å². The monoisotopic (exact) mass is 410 g/mol.